The lowest BCUT2D eigenvalue weighted by atomic mass is 10.1. The molecule has 0 aliphatic carbocycles. The van der Waals surface area contributed by atoms with Crippen molar-refractivity contribution in [3.8, 4) is 0 Å². The second kappa shape index (κ2) is 17.2. The molecule has 1 fully saturated rings. The summed E-state index contributed by atoms with van der Waals surface area (Å²) in [5, 5.41) is 0. The highest BCUT2D eigenvalue weighted by atomic mass is 32.2. The van der Waals surface area contributed by atoms with Gasteiger partial charge in [-0.05, 0) is 81.6 Å². The Morgan fingerprint density at radius 3 is 1.62 bits per heavy atom. The molecule has 0 unspecified atom stereocenters. The number of amides is 1. The van der Waals surface area contributed by atoms with E-state index < -0.39 is 20.2 Å². The first kappa shape index (κ1) is 38.6. The van der Waals surface area contributed by atoms with Crippen LogP contribution in [-0.2, 0) is 25.0 Å². The summed E-state index contributed by atoms with van der Waals surface area (Å²) in [6.45, 7) is 10.0. The van der Waals surface area contributed by atoms with E-state index in [-0.39, 0.29) is 21.5 Å². The molecule has 0 aromatic heterocycles. The molecule has 0 spiro atoms. The molecule has 2 N–H and O–H groups in total. The third-order valence-electron chi connectivity index (χ3n) is 8.33. The average molecular weight is 727 g/mol. The highest BCUT2D eigenvalue weighted by Gasteiger charge is 2.27. The van der Waals surface area contributed by atoms with Crippen LogP contribution in [0.4, 0.5) is 21.5 Å². The summed E-state index contributed by atoms with van der Waals surface area (Å²) < 4.78 is 72.4. The van der Waals surface area contributed by atoms with Crippen LogP contribution in [0.1, 0.15) is 17.5 Å². The van der Waals surface area contributed by atoms with E-state index in [9.17, 15) is 26.0 Å². The topological polar surface area (TPSA) is 139 Å². The van der Waals surface area contributed by atoms with E-state index >= 15 is 0 Å². The van der Waals surface area contributed by atoms with E-state index in [4.69, 9.17) is 9.11 Å². The Morgan fingerprint density at radius 1 is 0.660 bits per heavy atom. The zero-order valence-electron chi connectivity index (χ0n) is 28.3. The second-order valence-electron chi connectivity index (χ2n) is 12.1. The Kier molecular flexibility index (Phi) is 13.3. The number of carbonyl (C=O) groups is 1. The molecule has 1 saturated heterocycles. The van der Waals surface area contributed by atoms with Gasteiger partial charge in [0.1, 0.15) is 5.82 Å². The van der Waals surface area contributed by atoms with Gasteiger partial charge in [0.25, 0.3) is 20.2 Å². The maximum atomic E-state index is 13.3. The fraction of sp³-hybridized carbons (Fsp3) is 0.306. The third kappa shape index (κ3) is 11.2. The Morgan fingerprint density at radius 2 is 1.14 bits per heavy atom. The van der Waals surface area contributed by atoms with Crippen LogP contribution in [0.2, 0.25) is 0 Å². The quantitative estimate of drug-likeness (QED) is 0.248. The molecule has 11 nitrogen and oxygen atoms in total. The molecule has 4 aromatic rings. The summed E-state index contributed by atoms with van der Waals surface area (Å²) in [6, 6.07) is 26.5. The monoisotopic (exact) mass is 726 g/mol. The van der Waals surface area contributed by atoms with Gasteiger partial charge in [-0.1, -0.05) is 47.5 Å². The molecule has 2 aliphatic rings. The molecule has 4 aromatic carbocycles. The molecule has 268 valence electrons. The fourth-order valence-corrected chi connectivity index (χ4v) is 6.35. The van der Waals surface area contributed by atoms with Crippen LogP contribution in [0.3, 0.4) is 0 Å². The van der Waals surface area contributed by atoms with E-state index in [0.29, 0.717) is 19.5 Å². The van der Waals surface area contributed by atoms with E-state index in [1.165, 1.54) is 36.4 Å². The van der Waals surface area contributed by atoms with Gasteiger partial charge in [0, 0.05) is 57.9 Å². The predicted octanol–water partition coefficient (Wildman–Crippen LogP) is 5.43. The van der Waals surface area contributed by atoms with Crippen LogP contribution in [0.15, 0.2) is 107 Å². The first-order valence-corrected chi connectivity index (χ1v) is 18.9. The summed E-state index contributed by atoms with van der Waals surface area (Å²) >= 11 is 0. The smallest absolute Gasteiger partial charge is 0.294 e. The van der Waals surface area contributed by atoms with Crippen molar-refractivity contribution in [3.05, 3.63) is 114 Å². The van der Waals surface area contributed by atoms with Gasteiger partial charge < -0.3 is 19.6 Å². The minimum absolute atomic E-state index is 0.0666. The summed E-state index contributed by atoms with van der Waals surface area (Å²) in [5.41, 5.74) is 4.78. The van der Waals surface area contributed by atoms with Gasteiger partial charge in [-0.2, -0.15) is 16.8 Å². The molecule has 50 heavy (non-hydrogen) atoms. The fourth-order valence-electron chi connectivity index (χ4n) is 5.39. The SMILES string of the molecule is CN1CCN(CCC(=O)N2CCN(c3ccc(F)cc3)c3ccccc32)CC1.Cc1ccc(S(=O)(=O)O)cc1.Cc1ccc(S(=O)(=O)O)cc1. The number of para-hydroxylation sites is 2. The average Bonchev–Trinajstić information content (AvgIpc) is 3.08. The molecule has 0 atom stereocenters. The van der Waals surface area contributed by atoms with Gasteiger partial charge >= 0.3 is 0 Å². The van der Waals surface area contributed by atoms with Crippen molar-refractivity contribution in [2.75, 3.05) is 62.7 Å². The minimum atomic E-state index is -4.02. The maximum absolute atomic E-state index is 13.3. The van der Waals surface area contributed by atoms with Gasteiger partial charge in [0.15, 0.2) is 0 Å². The van der Waals surface area contributed by atoms with E-state index in [1.807, 2.05) is 43.0 Å². The number of fused-ring (bicyclic) bond motifs is 1. The minimum Gasteiger partial charge on any atom is -0.338 e. The van der Waals surface area contributed by atoms with Gasteiger partial charge in [0.05, 0.1) is 21.2 Å². The van der Waals surface area contributed by atoms with Crippen molar-refractivity contribution in [2.24, 2.45) is 0 Å². The van der Waals surface area contributed by atoms with Crippen LogP contribution in [0.25, 0.3) is 0 Å². The number of halogens is 1. The van der Waals surface area contributed by atoms with E-state index in [1.54, 1.807) is 36.4 Å². The number of carbonyl (C=O) groups excluding carboxylic acids is 1. The third-order valence-corrected chi connectivity index (χ3v) is 10.1. The molecular weight excluding hydrogens is 684 g/mol. The second-order valence-corrected chi connectivity index (χ2v) is 15.0. The number of likely N-dealkylation sites (N-methyl/N-ethyl adjacent to an activating group) is 1. The number of piperazine rings is 1. The van der Waals surface area contributed by atoms with Crippen molar-refractivity contribution >= 4 is 43.2 Å². The molecule has 2 aliphatic heterocycles. The van der Waals surface area contributed by atoms with Gasteiger partial charge in [-0.25, -0.2) is 4.39 Å². The van der Waals surface area contributed by atoms with Crippen molar-refractivity contribution in [1.82, 2.24) is 9.80 Å². The summed E-state index contributed by atoms with van der Waals surface area (Å²) in [7, 11) is -5.90. The lowest BCUT2D eigenvalue weighted by Crippen LogP contribution is -2.47. The molecule has 0 saturated carbocycles. The van der Waals surface area contributed by atoms with Gasteiger partial charge in [0.2, 0.25) is 5.91 Å². The van der Waals surface area contributed by atoms with Gasteiger partial charge in [-0.3, -0.25) is 13.9 Å². The molecule has 2 heterocycles. The highest BCUT2D eigenvalue weighted by molar-refractivity contribution is 7.86. The lowest BCUT2D eigenvalue weighted by molar-refractivity contribution is -0.119. The summed E-state index contributed by atoms with van der Waals surface area (Å²) in [4.78, 5) is 21.6. The first-order chi connectivity index (χ1) is 23.6. The number of nitrogens with zero attached hydrogens (tertiary/aromatic N) is 4. The Bertz CT molecular complexity index is 1860. The van der Waals surface area contributed by atoms with Crippen LogP contribution >= 0.6 is 0 Å². The predicted molar refractivity (Wildman–Crippen MR) is 193 cm³/mol. The lowest BCUT2D eigenvalue weighted by Gasteiger charge is -2.38. The number of hydrogen-bond donors (Lipinski definition) is 2. The van der Waals surface area contributed by atoms with Crippen LogP contribution < -0.4 is 9.80 Å². The molecular formula is C36H43FN4O7S2. The molecule has 6 rings (SSSR count). The highest BCUT2D eigenvalue weighted by Crippen LogP contribution is 2.37. The molecule has 0 bridgehead atoms. The van der Waals surface area contributed by atoms with Crippen LogP contribution in [0.5, 0.6) is 0 Å². The van der Waals surface area contributed by atoms with E-state index in [0.717, 1.165) is 60.9 Å². The number of benzene rings is 4. The van der Waals surface area contributed by atoms with Crippen molar-refractivity contribution in [3.63, 3.8) is 0 Å². The Hall–Kier alpha value is -4.18. The first-order valence-electron chi connectivity index (χ1n) is 16.0. The van der Waals surface area contributed by atoms with Crippen molar-refractivity contribution in [1.29, 1.82) is 0 Å². The zero-order chi connectivity index (χ0) is 36.5. The summed E-state index contributed by atoms with van der Waals surface area (Å²) in [5.74, 6) is -0.0695. The number of aryl methyl sites for hydroxylation is 2. The van der Waals surface area contributed by atoms with Crippen molar-refractivity contribution in [2.45, 2.75) is 30.1 Å². The molecule has 14 heteroatoms. The number of hydrogen-bond acceptors (Lipinski definition) is 8. The van der Waals surface area contributed by atoms with Crippen LogP contribution in [-0.4, -0.2) is 94.5 Å². The van der Waals surface area contributed by atoms with E-state index in [2.05, 4.69) is 21.7 Å². The largest absolute Gasteiger partial charge is 0.338 e. The standard InChI is InChI=1S/C22H27FN4O.2C7H8O3S/c1-24-12-14-25(15-13-24)11-10-22(28)27-17-16-26(19-8-6-18(23)7-9-19)20-4-2-3-5-21(20)27;2*1-6-2-4-7(5-3-6)11(8,9)10/h2-9H,10-17H2,1H3;2*2-5H,1H3,(H,8,9,10). The Labute approximate surface area is 294 Å². The van der Waals surface area contributed by atoms with Crippen molar-refractivity contribution < 1.29 is 35.1 Å². The number of anilines is 3. The Balaban J connectivity index is 0.000000209. The zero-order valence-corrected chi connectivity index (χ0v) is 29.9. The normalized spacial score (nSPS) is 15.2. The molecule has 0 radical (unpaired) electrons. The maximum Gasteiger partial charge on any atom is 0.294 e. The number of rotatable bonds is 6. The molecule has 1 amide bonds. The van der Waals surface area contributed by atoms with Crippen LogP contribution in [0, 0.1) is 19.7 Å². The van der Waals surface area contributed by atoms with Gasteiger partial charge in [-0.15, -0.1) is 0 Å². The summed E-state index contributed by atoms with van der Waals surface area (Å²) in [6.07, 6.45) is 0.536.